The predicted octanol–water partition coefficient (Wildman–Crippen LogP) is 4.50. The van der Waals surface area contributed by atoms with E-state index in [0.717, 1.165) is 81.4 Å². The Morgan fingerprint density at radius 2 is 1.82 bits per heavy atom. The Morgan fingerprint density at radius 1 is 1.06 bits per heavy atom. The van der Waals surface area contributed by atoms with E-state index in [2.05, 4.69) is 31.6 Å². The van der Waals surface area contributed by atoms with Gasteiger partial charge in [0.15, 0.2) is 0 Å². The van der Waals surface area contributed by atoms with Gasteiger partial charge in [0.05, 0.1) is 24.9 Å². The van der Waals surface area contributed by atoms with Gasteiger partial charge in [-0.1, -0.05) is 11.6 Å². The molecule has 5 rings (SSSR count). The molecule has 2 fully saturated rings. The Balaban J connectivity index is 1.22. The number of carbonyl (C=O) groups is 1. The minimum atomic E-state index is 0.300. The summed E-state index contributed by atoms with van der Waals surface area (Å²) in [5.41, 5.74) is 3.54. The second kappa shape index (κ2) is 10.2. The maximum absolute atomic E-state index is 12.8. The van der Waals surface area contributed by atoms with Crippen LogP contribution in [0.2, 0.25) is 5.02 Å². The van der Waals surface area contributed by atoms with Crippen molar-refractivity contribution in [1.29, 1.82) is 0 Å². The highest BCUT2D eigenvalue weighted by Gasteiger charge is 2.26. The largest absolute Gasteiger partial charge is 0.379 e. The smallest absolute Gasteiger partial charge is 0.222 e. The SMILES string of the molecule is O=C(CCCN1CCOCC1)N1CCC(c2cn(-c3ccc(Cl)cc3)c3cnccc23)CC1. The van der Waals surface area contributed by atoms with Gasteiger partial charge in [0.25, 0.3) is 0 Å². The van der Waals surface area contributed by atoms with Crippen LogP contribution in [0.25, 0.3) is 16.6 Å². The zero-order valence-corrected chi connectivity index (χ0v) is 19.7. The first-order valence-electron chi connectivity index (χ1n) is 12.0. The summed E-state index contributed by atoms with van der Waals surface area (Å²) in [6.07, 6.45) is 9.62. The number of morpholine rings is 1. The Kier molecular flexibility index (Phi) is 6.95. The van der Waals surface area contributed by atoms with Crippen LogP contribution in [0.3, 0.4) is 0 Å². The van der Waals surface area contributed by atoms with Crippen molar-refractivity contribution in [2.24, 2.45) is 0 Å². The van der Waals surface area contributed by atoms with Crippen molar-refractivity contribution < 1.29 is 9.53 Å². The van der Waals surface area contributed by atoms with Crippen molar-refractivity contribution in [3.63, 3.8) is 0 Å². The number of hydrogen-bond acceptors (Lipinski definition) is 4. The monoisotopic (exact) mass is 466 g/mol. The normalized spacial score (nSPS) is 18.2. The molecule has 0 radical (unpaired) electrons. The molecule has 33 heavy (non-hydrogen) atoms. The summed E-state index contributed by atoms with van der Waals surface area (Å²) in [6.45, 7) is 6.25. The average Bonchev–Trinajstić information content (AvgIpc) is 3.25. The van der Waals surface area contributed by atoms with Crippen molar-refractivity contribution in [3.05, 3.63) is 59.5 Å². The zero-order valence-electron chi connectivity index (χ0n) is 19.0. The van der Waals surface area contributed by atoms with Gasteiger partial charge in [-0.05, 0) is 67.6 Å². The van der Waals surface area contributed by atoms with E-state index in [9.17, 15) is 4.79 Å². The van der Waals surface area contributed by atoms with Crippen LogP contribution in [-0.2, 0) is 9.53 Å². The first kappa shape index (κ1) is 22.4. The van der Waals surface area contributed by atoms with E-state index in [1.54, 1.807) is 0 Å². The molecule has 0 bridgehead atoms. The fraction of sp³-hybridized carbons (Fsp3) is 0.462. The molecule has 2 aliphatic heterocycles. The lowest BCUT2D eigenvalue weighted by Crippen LogP contribution is -2.39. The highest BCUT2D eigenvalue weighted by molar-refractivity contribution is 6.30. The molecule has 0 spiro atoms. The standard InChI is InChI=1S/C26H31ClN4O2/c27-21-3-5-22(6-4-21)31-19-24(23-7-10-28-18-25(23)31)20-8-12-30(13-9-20)26(32)2-1-11-29-14-16-33-17-15-29/h3-7,10,18-20H,1-2,8-9,11-17H2. The van der Waals surface area contributed by atoms with Crippen LogP contribution in [0.15, 0.2) is 48.9 Å². The minimum absolute atomic E-state index is 0.300. The quantitative estimate of drug-likeness (QED) is 0.536. The number of benzene rings is 1. The Morgan fingerprint density at radius 3 is 2.58 bits per heavy atom. The van der Waals surface area contributed by atoms with Crippen LogP contribution in [0, 0.1) is 0 Å². The molecule has 0 N–H and O–H groups in total. The van der Waals surface area contributed by atoms with Crippen molar-refractivity contribution >= 4 is 28.4 Å². The third-order valence-corrected chi connectivity index (χ3v) is 7.25. The van der Waals surface area contributed by atoms with Crippen LogP contribution < -0.4 is 0 Å². The van der Waals surface area contributed by atoms with Crippen LogP contribution in [-0.4, -0.2) is 71.2 Å². The number of amides is 1. The third-order valence-electron chi connectivity index (χ3n) is 7.00. The molecule has 1 amide bonds. The first-order chi connectivity index (χ1) is 16.2. The number of aromatic nitrogens is 2. The maximum Gasteiger partial charge on any atom is 0.222 e. The number of ether oxygens (including phenoxy) is 1. The number of likely N-dealkylation sites (tertiary alicyclic amines) is 1. The van der Waals surface area contributed by atoms with Gasteiger partial charge in [0, 0.05) is 61.1 Å². The highest BCUT2D eigenvalue weighted by Crippen LogP contribution is 2.35. The topological polar surface area (TPSA) is 50.6 Å². The lowest BCUT2D eigenvalue weighted by molar-refractivity contribution is -0.132. The molecule has 6 nitrogen and oxygen atoms in total. The van der Waals surface area contributed by atoms with Gasteiger partial charge in [-0.15, -0.1) is 0 Å². The molecule has 7 heteroatoms. The summed E-state index contributed by atoms with van der Waals surface area (Å²) in [5.74, 6) is 0.746. The molecular weight excluding hydrogens is 436 g/mol. The zero-order chi connectivity index (χ0) is 22.6. The van der Waals surface area contributed by atoms with E-state index < -0.39 is 0 Å². The number of carbonyl (C=O) groups excluding carboxylic acids is 1. The van der Waals surface area contributed by atoms with E-state index >= 15 is 0 Å². The first-order valence-corrected chi connectivity index (χ1v) is 12.4. The molecule has 2 aromatic heterocycles. The number of halogens is 1. The van der Waals surface area contributed by atoms with Gasteiger partial charge < -0.3 is 14.2 Å². The van der Waals surface area contributed by atoms with Gasteiger partial charge in [-0.2, -0.15) is 0 Å². The number of rotatable bonds is 6. The van der Waals surface area contributed by atoms with Crippen LogP contribution >= 0.6 is 11.6 Å². The molecule has 0 aliphatic carbocycles. The lowest BCUT2D eigenvalue weighted by atomic mass is 9.89. The molecule has 174 valence electrons. The number of pyridine rings is 1. The molecular formula is C26H31ClN4O2. The van der Waals surface area contributed by atoms with Crippen molar-refractivity contribution in [1.82, 2.24) is 19.4 Å². The molecule has 4 heterocycles. The minimum Gasteiger partial charge on any atom is -0.379 e. The predicted molar refractivity (Wildman–Crippen MR) is 131 cm³/mol. The second-order valence-corrected chi connectivity index (χ2v) is 9.47. The number of piperidine rings is 1. The van der Waals surface area contributed by atoms with Crippen LogP contribution in [0.1, 0.15) is 37.2 Å². The van der Waals surface area contributed by atoms with E-state index in [1.165, 1.54) is 10.9 Å². The highest BCUT2D eigenvalue weighted by atomic mass is 35.5. The van der Waals surface area contributed by atoms with Gasteiger partial charge in [-0.25, -0.2) is 0 Å². The molecule has 0 unspecified atom stereocenters. The lowest BCUT2D eigenvalue weighted by Gasteiger charge is -2.32. The fourth-order valence-electron chi connectivity index (χ4n) is 5.12. The van der Waals surface area contributed by atoms with E-state index in [1.807, 2.05) is 36.7 Å². The summed E-state index contributed by atoms with van der Waals surface area (Å²) >= 11 is 6.09. The molecule has 0 saturated carbocycles. The fourth-order valence-corrected chi connectivity index (χ4v) is 5.24. The van der Waals surface area contributed by atoms with Crippen molar-refractivity contribution in [2.75, 3.05) is 45.9 Å². The van der Waals surface area contributed by atoms with Gasteiger partial charge >= 0.3 is 0 Å². The number of fused-ring (bicyclic) bond motifs is 1. The summed E-state index contributed by atoms with van der Waals surface area (Å²) in [4.78, 5) is 21.6. The van der Waals surface area contributed by atoms with Crippen LogP contribution in [0.5, 0.6) is 0 Å². The summed E-state index contributed by atoms with van der Waals surface area (Å²) in [5, 5.41) is 1.98. The van der Waals surface area contributed by atoms with Crippen LogP contribution in [0.4, 0.5) is 0 Å². The Bertz CT molecular complexity index is 1080. The molecule has 3 aromatic rings. The Hall–Kier alpha value is -2.41. The Labute approximate surface area is 200 Å². The van der Waals surface area contributed by atoms with E-state index in [0.29, 0.717) is 18.2 Å². The molecule has 2 aliphatic rings. The van der Waals surface area contributed by atoms with Crippen molar-refractivity contribution in [3.8, 4) is 5.69 Å². The van der Waals surface area contributed by atoms with E-state index in [4.69, 9.17) is 16.3 Å². The van der Waals surface area contributed by atoms with Crippen molar-refractivity contribution in [2.45, 2.75) is 31.6 Å². The van der Waals surface area contributed by atoms with Gasteiger partial charge in [0.1, 0.15) is 0 Å². The summed E-state index contributed by atoms with van der Waals surface area (Å²) in [7, 11) is 0. The summed E-state index contributed by atoms with van der Waals surface area (Å²) < 4.78 is 7.61. The molecule has 1 aromatic carbocycles. The average molecular weight is 467 g/mol. The van der Waals surface area contributed by atoms with E-state index in [-0.39, 0.29) is 0 Å². The third kappa shape index (κ3) is 5.08. The molecule has 0 atom stereocenters. The van der Waals surface area contributed by atoms with Gasteiger partial charge in [-0.3, -0.25) is 14.7 Å². The number of nitrogens with zero attached hydrogens (tertiary/aromatic N) is 4. The maximum atomic E-state index is 12.8. The van der Waals surface area contributed by atoms with Gasteiger partial charge in [0.2, 0.25) is 5.91 Å². The number of hydrogen-bond donors (Lipinski definition) is 0. The summed E-state index contributed by atoms with van der Waals surface area (Å²) in [6, 6.07) is 10.0. The molecule has 2 saturated heterocycles. The second-order valence-electron chi connectivity index (χ2n) is 9.04.